The summed E-state index contributed by atoms with van der Waals surface area (Å²) in [7, 11) is 2.19. The van der Waals surface area contributed by atoms with Crippen molar-refractivity contribution in [3.05, 3.63) is 12.2 Å². The molecule has 2 unspecified atom stereocenters. The molecular weight excluding hydrogens is 154 g/mol. The smallest absolute Gasteiger partial charge is 0.0184 e. The Labute approximate surface area is 73.8 Å². The van der Waals surface area contributed by atoms with E-state index in [4.69, 9.17) is 0 Å². The van der Waals surface area contributed by atoms with E-state index in [0.717, 1.165) is 11.8 Å². The molecular formula is C9H17NS. The van der Waals surface area contributed by atoms with Gasteiger partial charge in [0.15, 0.2) is 0 Å². The average molecular weight is 171 g/mol. The van der Waals surface area contributed by atoms with Crippen molar-refractivity contribution in [2.24, 2.45) is 0 Å². The van der Waals surface area contributed by atoms with Gasteiger partial charge in [0, 0.05) is 23.6 Å². The van der Waals surface area contributed by atoms with E-state index in [1.54, 1.807) is 0 Å². The number of nitrogens with zero attached hydrogens (tertiary/aromatic N) is 1. The topological polar surface area (TPSA) is 3.24 Å². The molecule has 1 aliphatic heterocycles. The van der Waals surface area contributed by atoms with Crippen LogP contribution in [0.1, 0.15) is 13.8 Å². The normalized spacial score (nSPS) is 37.7. The molecule has 1 aliphatic rings. The van der Waals surface area contributed by atoms with Gasteiger partial charge in [-0.3, -0.25) is 4.90 Å². The van der Waals surface area contributed by atoms with Crippen LogP contribution in [0.2, 0.25) is 0 Å². The zero-order valence-corrected chi connectivity index (χ0v) is 8.40. The highest BCUT2D eigenvalue weighted by atomic mass is 32.2. The Morgan fingerprint density at radius 1 is 1.36 bits per heavy atom. The second-order valence-corrected chi connectivity index (χ2v) is 4.60. The van der Waals surface area contributed by atoms with E-state index >= 15 is 0 Å². The van der Waals surface area contributed by atoms with Crippen LogP contribution in [0.3, 0.4) is 0 Å². The van der Waals surface area contributed by atoms with Gasteiger partial charge < -0.3 is 0 Å². The Hall–Kier alpha value is 0.0500. The molecule has 0 bridgehead atoms. The third kappa shape index (κ3) is 2.53. The van der Waals surface area contributed by atoms with Crippen LogP contribution < -0.4 is 0 Å². The van der Waals surface area contributed by atoms with Crippen LogP contribution in [0, 0.1) is 0 Å². The maximum absolute atomic E-state index is 2.40. The van der Waals surface area contributed by atoms with Gasteiger partial charge in [0.2, 0.25) is 0 Å². The first-order valence-corrected chi connectivity index (χ1v) is 5.23. The van der Waals surface area contributed by atoms with Gasteiger partial charge in [0.25, 0.3) is 0 Å². The predicted molar refractivity (Wildman–Crippen MR) is 53.2 cm³/mol. The van der Waals surface area contributed by atoms with Crippen LogP contribution in [0.25, 0.3) is 0 Å². The van der Waals surface area contributed by atoms with Crippen molar-refractivity contribution < 1.29 is 0 Å². The first kappa shape index (κ1) is 9.14. The van der Waals surface area contributed by atoms with Crippen LogP contribution in [0.5, 0.6) is 0 Å². The van der Waals surface area contributed by atoms with Crippen LogP contribution in [0.4, 0.5) is 0 Å². The number of hydrogen-bond acceptors (Lipinski definition) is 2. The molecule has 2 heteroatoms. The summed E-state index contributed by atoms with van der Waals surface area (Å²) in [5.41, 5.74) is 0. The number of likely N-dealkylation sites (N-methyl/N-ethyl adjacent to an activating group) is 1. The first-order valence-electron chi connectivity index (χ1n) is 4.18. The summed E-state index contributed by atoms with van der Waals surface area (Å²) in [4.78, 5) is 2.40. The average Bonchev–Trinajstić information content (AvgIpc) is 2.00. The van der Waals surface area contributed by atoms with Gasteiger partial charge in [-0.1, -0.05) is 19.1 Å². The SMILES string of the molecule is CC1SC/C=C\CN(C)C1C. The van der Waals surface area contributed by atoms with Gasteiger partial charge >= 0.3 is 0 Å². The van der Waals surface area contributed by atoms with Gasteiger partial charge in [-0.05, 0) is 14.0 Å². The Balaban J connectivity index is 2.54. The molecule has 0 saturated heterocycles. The standard InChI is InChI=1S/C9H17NS/c1-8-9(2)11-7-5-4-6-10(8)3/h4-5,8-9H,6-7H2,1-3H3/b5-4-. The molecule has 1 nitrogen and oxygen atoms in total. The number of hydrogen-bond donors (Lipinski definition) is 0. The lowest BCUT2D eigenvalue weighted by atomic mass is 10.2. The third-order valence-corrected chi connectivity index (χ3v) is 3.69. The fraction of sp³-hybridized carbons (Fsp3) is 0.778. The van der Waals surface area contributed by atoms with Crippen molar-refractivity contribution in [3.63, 3.8) is 0 Å². The van der Waals surface area contributed by atoms with E-state index in [2.05, 4.69) is 37.9 Å². The highest BCUT2D eigenvalue weighted by Gasteiger charge is 2.16. The van der Waals surface area contributed by atoms with Gasteiger partial charge in [0.05, 0.1) is 0 Å². The maximum Gasteiger partial charge on any atom is 0.0184 e. The lowest BCUT2D eigenvalue weighted by Crippen LogP contribution is -2.36. The molecule has 0 aromatic heterocycles. The lowest BCUT2D eigenvalue weighted by molar-refractivity contribution is 0.282. The molecule has 11 heavy (non-hydrogen) atoms. The Bertz CT molecular complexity index is 144. The molecule has 0 spiro atoms. The molecule has 0 saturated carbocycles. The Morgan fingerprint density at radius 3 is 2.82 bits per heavy atom. The molecule has 1 rings (SSSR count). The molecule has 0 radical (unpaired) electrons. The molecule has 64 valence electrons. The molecule has 0 aromatic carbocycles. The fourth-order valence-electron chi connectivity index (χ4n) is 1.18. The molecule has 1 heterocycles. The second-order valence-electron chi connectivity index (χ2n) is 3.19. The monoisotopic (exact) mass is 171 g/mol. The minimum absolute atomic E-state index is 0.699. The van der Waals surface area contributed by atoms with Crippen LogP contribution in [-0.4, -0.2) is 35.5 Å². The summed E-state index contributed by atoms with van der Waals surface area (Å²) >= 11 is 2.04. The van der Waals surface area contributed by atoms with Crippen molar-refractivity contribution in [2.75, 3.05) is 19.3 Å². The van der Waals surface area contributed by atoms with E-state index in [1.807, 2.05) is 11.8 Å². The van der Waals surface area contributed by atoms with Crippen molar-refractivity contribution in [1.82, 2.24) is 4.90 Å². The predicted octanol–water partition coefficient (Wildman–Crippen LogP) is 2.00. The highest BCUT2D eigenvalue weighted by molar-refractivity contribution is 8.00. The summed E-state index contributed by atoms with van der Waals surface area (Å²) in [5.74, 6) is 1.18. The highest BCUT2D eigenvalue weighted by Crippen LogP contribution is 2.19. The van der Waals surface area contributed by atoms with Crippen molar-refractivity contribution in [3.8, 4) is 0 Å². The van der Waals surface area contributed by atoms with Gasteiger partial charge in [0.1, 0.15) is 0 Å². The molecule has 0 amide bonds. The lowest BCUT2D eigenvalue weighted by Gasteiger charge is -2.29. The van der Waals surface area contributed by atoms with E-state index in [1.165, 1.54) is 5.75 Å². The van der Waals surface area contributed by atoms with Gasteiger partial charge in [-0.15, -0.1) is 0 Å². The van der Waals surface area contributed by atoms with Crippen molar-refractivity contribution in [2.45, 2.75) is 25.1 Å². The summed E-state index contributed by atoms with van der Waals surface area (Å²) in [6, 6.07) is 0.699. The van der Waals surface area contributed by atoms with Crippen LogP contribution in [0.15, 0.2) is 12.2 Å². The zero-order valence-electron chi connectivity index (χ0n) is 7.58. The first-order chi connectivity index (χ1) is 5.22. The Kier molecular flexibility index (Phi) is 3.46. The van der Waals surface area contributed by atoms with Crippen LogP contribution in [-0.2, 0) is 0 Å². The third-order valence-electron chi connectivity index (χ3n) is 2.39. The quantitative estimate of drug-likeness (QED) is 0.513. The minimum atomic E-state index is 0.699. The number of thioether (sulfide) groups is 1. The van der Waals surface area contributed by atoms with Gasteiger partial charge in [-0.2, -0.15) is 11.8 Å². The van der Waals surface area contributed by atoms with Crippen molar-refractivity contribution in [1.29, 1.82) is 0 Å². The largest absolute Gasteiger partial charge is 0.299 e. The number of rotatable bonds is 0. The molecule has 2 atom stereocenters. The summed E-state index contributed by atoms with van der Waals surface area (Å²) in [6.45, 7) is 5.72. The summed E-state index contributed by atoms with van der Waals surface area (Å²) < 4.78 is 0. The van der Waals surface area contributed by atoms with E-state index < -0.39 is 0 Å². The fourth-order valence-corrected chi connectivity index (χ4v) is 2.22. The van der Waals surface area contributed by atoms with Crippen LogP contribution >= 0.6 is 11.8 Å². The summed E-state index contributed by atoms with van der Waals surface area (Å²) in [5, 5.41) is 0.755. The second kappa shape index (κ2) is 4.17. The zero-order chi connectivity index (χ0) is 8.27. The molecule has 0 N–H and O–H groups in total. The van der Waals surface area contributed by atoms with Gasteiger partial charge in [-0.25, -0.2) is 0 Å². The molecule has 0 fully saturated rings. The Morgan fingerprint density at radius 2 is 2.09 bits per heavy atom. The van der Waals surface area contributed by atoms with Crippen molar-refractivity contribution >= 4 is 11.8 Å². The summed E-state index contributed by atoms with van der Waals surface area (Å²) in [6.07, 6.45) is 4.53. The minimum Gasteiger partial charge on any atom is -0.299 e. The van der Waals surface area contributed by atoms with E-state index in [-0.39, 0.29) is 0 Å². The molecule has 0 aliphatic carbocycles. The maximum atomic E-state index is 2.40. The van der Waals surface area contributed by atoms with E-state index in [9.17, 15) is 0 Å². The molecule has 0 aromatic rings. The van der Waals surface area contributed by atoms with E-state index in [0.29, 0.717) is 6.04 Å².